The first-order valence-corrected chi connectivity index (χ1v) is 13.5. The molecule has 0 aliphatic carbocycles. The molecule has 3 atom stereocenters. The van der Waals surface area contributed by atoms with Crippen LogP contribution in [0.25, 0.3) is 17.0 Å². The van der Waals surface area contributed by atoms with Gasteiger partial charge in [-0.05, 0) is 32.1 Å². The summed E-state index contributed by atoms with van der Waals surface area (Å²) in [6, 6.07) is 15.0. The highest BCUT2D eigenvalue weighted by molar-refractivity contribution is 6.10. The number of nitrogens with zero attached hydrogens (tertiary/aromatic N) is 3. The summed E-state index contributed by atoms with van der Waals surface area (Å²) in [6.45, 7) is 8.79. The van der Waals surface area contributed by atoms with Gasteiger partial charge in [0.25, 0.3) is 11.8 Å². The smallest absolute Gasteiger partial charge is 0.273 e. The van der Waals surface area contributed by atoms with Crippen LogP contribution in [0.2, 0.25) is 0 Å². The topological polar surface area (TPSA) is 79.9 Å². The number of nitrogens with one attached hydrogen (secondary N) is 1. The van der Waals surface area contributed by atoms with Crippen molar-refractivity contribution in [2.45, 2.75) is 57.3 Å². The van der Waals surface area contributed by atoms with E-state index in [1.54, 1.807) is 11.1 Å². The second kappa shape index (κ2) is 7.96. The third-order valence-corrected chi connectivity index (χ3v) is 8.75. The van der Waals surface area contributed by atoms with Crippen molar-refractivity contribution in [3.63, 3.8) is 0 Å². The van der Waals surface area contributed by atoms with E-state index in [0.717, 1.165) is 39.0 Å². The number of carbonyl (C=O) groups excluding carboxylic acids is 2. The molecule has 4 aliphatic heterocycles. The van der Waals surface area contributed by atoms with Crippen LogP contribution >= 0.6 is 0 Å². The molecule has 5 heterocycles. The molecule has 0 spiro atoms. The Morgan fingerprint density at radius 2 is 1.85 bits per heavy atom. The summed E-state index contributed by atoms with van der Waals surface area (Å²) in [5.41, 5.74) is 4.25. The van der Waals surface area contributed by atoms with Gasteiger partial charge in [-0.1, -0.05) is 68.0 Å². The number of H-pyrrole nitrogens is 1. The van der Waals surface area contributed by atoms with Gasteiger partial charge in [0, 0.05) is 58.0 Å². The number of hydrogen-bond donors (Lipinski definition) is 2. The van der Waals surface area contributed by atoms with E-state index in [1.165, 1.54) is 4.90 Å². The van der Waals surface area contributed by atoms with Crippen LogP contribution in [0.1, 0.15) is 50.9 Å². The first-order valence-electron chi connectivity index (χ1n) is 13.5. The fraction of sp³-hybridized carbons (Fsp3) is 0.312. The van der Waals surface area contributed by atoms with Gasteiger partial charge in [-0.25, -0.2) is 0 Å². The van der Waals surface area contributed by atoms with Gasteiger partial charge >= 0.3 is 0 Å². The fourth-order valence-corrected chi connectivity index (χ4v) is 6.82. The summed E-state index contributed by atoms with van der Waals surface area (Å²) in [7, 11) is 0. The molecule has 7 heteroatoms. The molecule has 7 nitrogen and oxygen atoms in total. The average Bonchev–Trinajstić information content (AvgIpc) is 3.50. The van der Waals surface area contributed by atoms with Crippen molar-refractivity contribution >= 4 is 34.5 Å². The van der Waals surface area contributed by atoms with Crippen molar-refractivity contribution in [3.8, 4) is 0 Å². The van der Waals surface area contributed by atoms with Crippen LogP contribution in [-0.2, 0) is 20.6 Å². The summed E-state index contributed by atoms with van der Waals surface area (Å²) in [5.74, 6) is -0.449. The predicted molar refractivity (Wildman–Crippen MR) is 151 cm³/mol. The van der Waals surface area contributed by atoms with Gasteiger partial charge < -0.3 is 19.9 Å². The summed E-state index contributed by atoms with van der Waals surface area (Å²) in [6.07, 6.45) is 7.15. The summed E-state index contributed by atoms with van der Waals surface area (Å²) >= 11 is 0. The minimum Gasteiger partial charge on any atom is -0.381 e. The van der Waals surface area contributed by atoms with Crippen molar-refractivity contribution < 1.29 is 14.7 Å². The number of carbonyl (C=O) groups is 2. The summed E-state index contributed by atoms with van der Waals surface area (Å²) in [5, 5.41) is 13.2. The van der Waals surface area contributed by atoms with Crippen LogP contribution in [0.4, 0.5) is 5.69 Å². The number of piperazine rings is 1. The molecule has 0 unspecified atom stereocenters. The molecule has 7 rings (SSSR count). The van der Waals surface area contributed by atoms with Gasteiger partial charge in [0.2, 0.25) is 0 Å². The number of aromatic amines is 1. The van der Waals surface area contributed by atoms with Crippen molar-refractivity contribution in [3.05, 3.63) is 95.0 Å². The van der Waals surface area contributed by atoms with Gasteiger partial charge in [-0.2, -0.15) is 0 Å². The Labute approximate surface area is 227 Å². The highest BCUT2D eigenvalue weighted by Crippen LogP contribution is 2.54. The first-order chi connectivity index (χ1) is 18.6. The Bertz CT molecular complexity index is 1660. The number of hydrogen-bond acceptors (Lipinski definition) is 4. The normalized spacial score (nSPS) is 26.4. The lowest BCUT2D eigenvalue weighted by Crippen LogP contribution is -2.60. The van der Waals surface area contributed by atoms with E-state index in [-0.39, 0.29) is 18.2 Å². The number of allylic oxidation sites excluding steroid dienone is 2. The fourth-order valence-electron chi connectivity index (χ4n) is 6.82. The van der Waals surface area contributed by atoms with E-state index in [4.69, 9.17) is 0 Å². The molecule has 2 aromatic carbocycles. The summed E-state index contributed by atoms with van der Waals surface area (Å²) < 4.78 is 0. The maximum atomic E-state index is 14.5. The number of fused-ring (bicyclic) bond motifs is 9. The van der Waals surface area contributed by atoms with Gasteiger partial charge in [-0.15, -0.1) is 0 Å². The Kier molecular flexibility index (Phi) is 4.89. The first kappa shape index (κ1) is 24.0. The van der Waals surface area contributed by atoms with Crippen LogP contribution in [0, 0.1) is 0 Å². The molecule has 2 N–H and O–H groups in total. The lowest BCUT2D eigenvalue weighted by Gasteiger charge is -2.42. The second-order valence-corrected chi connectivity index (χ2v) is 11.9. The Hall–Kier alpha value is -4.10. The maximum Gasteiger partial charge on any atom is 0.273 e. The van der Waals surface area contributed by atoms with Gasteiger partial charge in [0.1, 0.15) is 23.5 Å². The largest absolute Gasteiger partial charge is 0.381 e. The molecular formula is C32H32N4O3. The molecule has 4 aliphatic rings. The third kappa shape index (κ3) is 3.20. The Morgan fingerprint density at radius 3 is 2.64 bits per heavy atom. The monoisotopic (exact) mass is 520 g/mol. The molecule has 39 heavy (non-hydrogen) atoms. The van der Waals surface area contributed by atoms with Crippen LogP contribution in [0.5, 0.6) is 0 Å². The zero-order valence-electron chi connectivity index (χ0n) is 22.6. The zero-order chi connectivity index (χ0) is 27.3. The predicted octanol–water partition coefficient (Wildman–Crippen LogP) is 4.76. The molecule has 2 amide bonds. The molecule has 0 bridgehead atoms. The molecular weight excluding hydrogens is 488 g/mol. The number of aliphatic hydroxyl groups is 1. The Balaban J connectivity index is 1.41. The van der Waals surface area contributed by atoms with E-state index in [1.807, 2.05) is 74.5 Å². The standard InChI is InChI=1S/C32H32N4O3/c1-19(2)13-15-35-24-12-8-6-10-22(24)32(39)18-26-28(37)34-16-14-31(3,4)27-21(20-9-5-7-11-23(20)33-27)17-25(34)29(38)36(26)30(32)35/h5-14,16-17,26,30,33,39H,15,18H2,1-4H3/t26-,30+,32-/m1/s1. The molecule has 0 saturated carbocycles. The number of benzene rings is 2. The second-order valence-electron chi connectivity index (χ2n) is 11.9. The quantitative estimate of drug-likeness (QED) is 0.478. The lowest BCUT2D eigenvalue weighted by atomic mass is 9.85. The van der Waals surface area contributed by atoms with Crippen molar-refractivity contribution in [2.75, 3.05) is 11.4 Å². The highest BCUT2D eigenvalue weighted by atomic mass is 16.3. The zero-order valence-corrected chi connectivity index (χ0v) is 22.6. The molecule has 2 fully saturated rings. The molecule has 198 valence electrons. The molecule has 3 aromatic rings. The number of anilines is 1. The molecule has 1 aromatic heterocycles. The SMILES string of the molecule is CC(C)=CCN1c2ccccc2[C@]2(O)C[C@@H]3C(=O)N4C=CC(C)(C)c5[nH]c6ccccc6c5C=C4C(=O)N3[C@H]12. The number of aromatic nitrogens is 1. The minimum absolute atomic E-state index is 0.157. The van der Waals surface area contributed by atoms with E-state index in [0.29, 0.717) is 12.2 Å². The maximum absolute atomic E-state index is 14.5. The number of amides is 2. The van der Waals surface area contributed by atoms with E-state index in [2.05, 4.69) is 29.8 Å². The van der Waals surface area contributed by atoms with Gasteiger partial charge in [-0.3, -0.25) is 14.5 Å². The van der Waals surface area contributed by atoms with Gasteiger partial charge in [0.05, 0.1) is 0 Å². The number of rotatable bonds is 2. The highest BCUT2D eigenvalue weighted by Gasteiger charge is 2.65. The van der Waals surface area contributed by atoms with Gasteiger partial charge in [0.15, 0.2) is 0 Å². The van der Waals surface area contributed by atoms with Crippen LogP contribution in [0.15, 0.2) is 78.2 Å². The third-order valence-electron chi connectivity index (χ3n) is 8.75. The van der Waals surface area contributed by atoms with Crippen molar-refractivity contribution in [1.82, 2.24) is 14.8 Å². The minimum atomic E-state index is -1.35. The number of para-hydroxylation sites is 2. The lowest BCUT2D eigenvalue weighted by molar-refractivity contribution is -0.148. The Morgan fingerprint density at radius 1 is 1.10 bits per heavy atom. The van der Waals surface area contributed by atoms with Crippen molar-refractivity contribution in [1.29, 1.82) is 0 Å². The van der Waals surface area contributed by atoms with Crippen LogP contribution < -0.4 is 4.90 Å². The van der Waals surface area contributed by atoms with E-state index in [9.17, 15) is 14.7 Å². The summed E-state index contributed by atoms with van der Waals surface area (Å²) in [4.78, 5) is 37.4. The average molecular weight is 521 g/mol. The van der Waals surface area contributed by atoms with E-state index < -0.39 is 23.2 Å². The van der Waals surface area contributed by atoms with E-state index >= 15 is 0 Å². The molecule has 0 radical (unpaired) electrons. The molecule has 2 saturated heterocycles. The van der Waals surface area contributed by atoms with Crippen LogP contribution in [0.3, 0.4) is 0 Å². The van der Waals surface area contributed by atoms with Crippen LogP contribution in [-0.4, -0.2) is 50.5 Å². The van der Waals surface area contributed by atoms with Crippen molar-refractivity contribution in [2.24, 2.45) is 0 Å².